The summed E-state index contributed by atoms with van der Waals surface area (Å²) in [5.41, 5.74) is -2.93. The quantitative estimate of drug-likeness (QED) is 0.497. The van der Waals surface area contributed by atoms with E-state index < -0.39 is 45.5 Å². The Morgan fingerprint density at radius 2 is 2.00 bits per heavy atom. The maximum atomic E-state index is 12.6. The van der Waals surface area contributed by atoms with Gasteiger partial charge in [-0.25, -0.2) is 13.8 Å². The van der Waals surface area contributed by atoms with Gasteiger partial charge in [0.05, 0.1) is 6.42 Å². The van der Waals surface area contributed by atoms with Crippen LogP contribution < -0.4 is 0 Å². The highest BCUT2D eigenvalue weighted by Crippen LogP contribution is 2.34. The van der Waals surface area contributed by atoms with Crippen molar-refractivity contribution in [3.8, 4) is 0 Å². The van der Waals surface area contributed by atoms with Crippen molar-refractivity contribution in [1.29, 1.82) is 0 Å². The highest BCUT2D eigenvalue weighted by atomic mass is 127. The van der Waals surface area contributed by atoms with Crippen molar-refractivity contribution < 1.29 is 31.9 Å². The third kappa shape index (κ3) is 3.50. The van der Waals surface area contributed by atoms with Crippen molar-refractivity contribution in [1.82, 2.24) is 4.98 Å². The zero-order valence-corrected chi connectivity index (χ0v) is 10.6. The lowest BCUT2D eigenvalue weighted by Crippen LogP contribution is -2.16. The molecule has 100 valence electrons. The summed E-state index contributed by atoms with van der Waals surface area (Å²) in [6, 6.07) is 0.538. The minimum atomic E-state index is -4.88. The van der Waals surface area contributed by atoms with Crippen LogP contribution in [0.4, 0.5) is 22.0 Å². The Labute approximate surface area is 111 Å². The summed E-state index contributed by atoms with van der Waals surface area (Å²) in [5.74, 6) is -1.55. The van der Waals surface area contributed by atoms with Gasteiger partial charge in [0.15, 0.2) is 0 Å². The van der Waals surface area contributed by atoms with Gasteiger partial charge in [-0.05, 0) is 34.2 Å². The van der Waals surface area contributed by atoms with Crippen LogP contribution in [0.5, 0.6) is 0 Å². The molecule has 0 radical (unpaired) electrons. The molecule has 0 saturated heterocycles. The Kier molecular flexibility index (Phi) is 4.46. The molecule has 0 unspecified atom stereocenters. The van der Waals surface area contributed by atoms with Gasteiger partial charge < -0.3 is 5.11 Å². The van der Waals surface area contributed by atoms with Crippen molar-refractivity contribution in [2.75, 3.05) is 0 Å². The molecule has 9 heteroatoms. The second-order valence-corrected chi connectivity index (χ2v) is 4.27. The first kappa shape index (κ1) is 15.1. The Morgan fingerprint density at radius 3 is 2.39 bits per heavy atom. The molecule has 0 aliphatic rings. The topological polar surface area (TPSA) is 50.2 Å². The van der Waals surface area contributed by atoms with Crippen LogP contribution in [0.2, 0.25) is 0 Å². The first-order valence-corrected chi connectivity index (χ1v) is 5.47. The first-order chi connectivity index (χ1) is 8.12. The van der Waals surface area contributed by atoms with Gasteiger partial charge in [-0.1, -0.05) is 0 Å². The Bertz CT molecular complexity index is 475. The van der Waals surface area contributed by atoms with E-state index in [-0.39, 0.29) is 0 Å². The number of carboxylic acids is 1. The van der Waals surface area contributed by atoms with E-state index in [2.05, 4.69) is 4.98 Å². The number of carboxylic acid groups (broad SMARTS) is 1. The van der Waals surface area contributed by atoms with Gasteiger partial charge >= 0.3 is 12.1 Å². The van der Waals surface area contributed by atoms with E-state index in [1.807, 2.05) is 0 Å². The van der Waals surface area contributed by atoms with Crippen molar-refractivity contribution >= 4 is 28.6 Å². The van der Waals surface area contributed by atoms with Crippen molar-refractivity contribution in [3.63, 3.8) is 0 Å². The van der Waals surface area contributed by atoms with Crippen molar-refractivity contribution in [3.05, 3.63) is 26.6 Å². The molecule has 0 atom stereocenters. The number of nitrogens with zero attached hydrogens (tertiary/aromatic N) is 1. The van der Waals surface area contributed by atoms with E-state index in [0.29, 0.717) is 6.07 Å². The molecule has 1 N–H and O–H groups in total. The zero-order chi connectivity index (χ0) is 14.1. The van der Waals surface area contributed by atoms with Crippen LogP contribution in [0.25, 0.3) is 0 Å². The molecule has 0 spiro atoms. The summed E-state index contributed by atoms with van der Waals surface area (Å²) in [5, 5.41) is 8.47. The van der Waals surface area contributed by atoms with Gasteiger partial charge in [-0.3, -0.25) is 4.79 Å². The second-order valence-electron chi connectivity index (χ2n) is 3.25. The molecule has 1 heterocycles. The van der Waals surface area contributed by atoms with Gasteiger partial charge in [-0.2, -0.15) is 13.2 Å². The minimum Gasteiger partial charge on any atom is -0.481 e. The number of carbonyl (C=O) groups is 1. The predicted octanol–water partition coefficient (Wildman–Crippen LogP) is 3.27. The zero-order valence-electron chi connectivity index (χ0n) is 8.43. The van der Waals surface area contributed by atoms with Crippen molar-refractivity contribution in [2.45, 2.75) is 19.0 Å². The first-order valence-electron chi connectivity index (χ1n) is 4.39. The smallest absolute Gasteiger partial charge is 0.433 e. The van der Waals surface area contributed by atoms with E-state index in [1.54, 1.807) is 0 Å². The summed E-state index contributed by atoms with van der Waals surface area (Å²) in [6.07, 6.45) is -8.91. The molecule has 0 aliphatic carbocycles. The Balaban J connectivity index is 3.42. The molecule has 0 bridgehead atoms. The summed E-state index contributed by atoms with van der Waals surface area (Å²) >= 11 is 1.25. The largest absolute Gasteiger partial charge is 0.481 e. The number of aromatic nitrogens is 1. The average molecular weight is 381 g/mol. The normalized spacial score (nSPS) is 11.9. The summed E-state index contributed by atoms with van der Waals surface area (Å²) in [7, 11) is 0. The number of pyridine rings is 1. The highest BCUT2D eigenvalue weighted by Gasteiger charge is 2.37. The molecule has 0 saturated carbocycles. The van der Waals surface area contributed by atoms with Crippen LogP contribution in [-0.2, 0) is 17.4 Å². The standard InChI is InChI=1S/C9H5F5INO2/c10-7(11)4-1-3(2-5(17)18)6(9(12,13)14)16-8(4)15/h1,7H,2H2,(H,17,18). The average Bonchev–Trinajstić information content (AvgIpc) is 2.17. The number of rotatable bonds is 3. The number of alkyl halides is 5. The van der Waals surface area contributed by atoms with Gasteiger partial charge in [0, 0.05) is 5.56 Å². The molecule has 0 amide bonds. The van der Waals surface area contributed by atoms with Gasteiger partial charge in [0.2, 0.25) is 0 Å². The molecular formula is C9H5F5INO2. The number of hydrogen-bond donors (Lipinski definition) is 1. The Morgan fingerprint density at radius 1 is 1.44 bits per heavy atom. The maximum Gasteiger partial charge on any atom is 0.433 e. The second kappa shape index (κ2) is 5.33. The fourth-order valence-electron chi connectivity index (χ4n) is 1.25. The summed E-state index contributed by atoms with van der Waals surface area (Å²) < 4.78 is 62.2. The van der Waals surface area contributed by atoms with Crippen LogP contribution in [0.1, 0.15) is 23.2 Å². The SMILES string of the molecule is O=C(O)Cc1cc(C(F)F)c(I)nc1C(F)(F)F. The monoisotopic (exact) mass is 381 g/mol. The molecular weight excluding hydrogens is 376 g/mol. The van der Waals surface area contributed by atoms with Gasteiger partial charge in [0.25, 0.3) is 6.43 Å². The molecule has 0 aliphatic heterocycles. The molecule has 0 aromatic carbocycles. The van der Waals surface area contributed by atoms with Crippen LogP contribution in [-0.4, -0.2) is 16.1 Å². The highest BCUT2D eigenvalue weighted by molar-refractivity contribution is 14.1. The van der Waals surface area contributed by atoms with Crippen LogP contribution in [0.3, 0.4) is 0 Å². The van der Waals surface area contributed by atoms with E-state index in [4.69, 9.17) is 5.11 Å². The maximum absolute atomic E-state index is 12.6. The lowest BCUT2D eigenvalue weighted by Gasteiger charge is -2.13. The Hall–Kier alpha value is -1.00. The van der Waals surface area contributed by atoms with E-state index in [1.165, 1.54) is 22.6 Å². The third-order valence-electron chi connectivity index (χ3n) is 1.93. The molecule has 3 nitrogen and oxygen atoms in total. The third-order valence-corrected chi connectivity index (χ3v) is 2.79. The fourth-order valence-corrected chi connectivity index (χ4v) is 1.88. The lowest BCUT2D eigenvalue weighted by atomic mass is 10.1. The van der Waals surface area contributed by atoms with E-state index in [9.17, 15) is 26.7 Å². The fraction of sp³-hybridized carbons (Fsp3) is 0.333. The molecule has 18 heavy (non-hydrogen) atoms. The van der Waals surface area contributed by atoms with Crippen LogP contribution in [0, 0.1) is 3.70 Å². The molecule has 1 rings (SSSR count). The predicted molar refractivity (Wildman–Crippen MR) is 58.3 cm³/mol. The number of halogens is 6. The van der Waals surface area contributed by atoms with Crippen LogP contribution in [0.15, 0.2) is 6.07 Å². The summed E-state index contributed by atoms with van der Waals surface area (Å²) in [6.45, 7) is 0. The molecule has 1 aromatic heterocycles. The summed E-state index contributed by atoms with van der Waals surface area (Å²) in [4.78, 5) is 13.5. The number of aliphatic carboxylic acids is 1. The minimum absolute atomic E-state index is 0.496. The molecule has 0 fully saturated rings. The van der Waals surface area contributed by atoms with E-state index >= 15 is 0 Å². The van der Waals surface area contributed by atoms with Crippen molar-refractivity contribution in [2.24, 2.45) is 0 Å². The van der Waals surface area contributed by atoms with E-state index in [0.717, 1.165) is 0 Å². The molecule has 1 aromatic rings. The van der Waals surface area contributed by atoms with Gasteiger partial charge in [-0.15, -0.1) is 0 Å². The number of hydrogen-bond acceptors (Lipinski definition) is 2. The lowest BCUT2D eigenvalue weighted by molar-refractivity contribution is -0.142. The van der Waals surface area contributed by atoms with Gasteiger partial charge in [0.1, 0.15) is 9.39 Å². The van der Waals surface area contributed by atoms with Crippen LogP contribution >= 0.6 is 22.6 Å².